The number of carbonyl (C=O) groups excluding carboxylic acids is 1. The van der Waals surface area contributed by atoms with Crippen molar-refractivity contribution in [1.29, 1.82) is 0 Å². The first kappa shape index (κ1) is 18.2. The summed E-state index contributed by atoms with van der Waals surface area (Å²) >= 11 is 11.0. The summed E-state index contributed by atoms with van der Waals surface area (Å²) in [5.74, 6) is -0.301. The number of thiocarbonyl (C=S) groups is 1. The van der Waals surface area contributed by atoms with Gasteiger partial charge in [0.25, 0.3) is 5.91 Å². The molecule has 0 radical (unpaired) electrons. The van der Waals surface area contributed by atoms with Crippen molar-refractivity contribution >= 4 is 40.5 Å². The molecule has 0 aliphatic rings. The number of nitrogens with one attached hydrogen (secondary N) is 2. The molecule has 1 amide bonds. The summed E-state index contributed by atoms with van der Waals surface area (Å²) in [7, 11) is 0. The highest BCUT2D eigenvalue weighted by molar-refractivity contribution is 7.80. The lowest BCUT2D eigenvalue weighted by Crippen LogP contribution is -2.34. The van der Waals surface area contributed by atoms with E-state index >= 15 is 0 Å². The molecule has 0 unspecified atom stereocenters. The highest BCUT2D eigenvalue weighted by Gasteiger charge is 2.10. The maximum atomic E-state index is 12.3. The Kier molecular flexibility index (Phi) is 6.58. The van der Waals surface area contributed by atoms with Gasteiger partial charge in [0.1, 0.15) is 5.75 Å². The molecular weight excluding hydrogens is 344 g/mol. The maximum absolute atomic E-state index is 12.3. The van der Waals surface area contributed by atoms with Crippen LogP contribution in [0, 0.1) is 0 Å². The van der Waals surface area contributed by atoms with E-state index in [4.69, 9.17) is 23.8 Å². The van der Waals surface area contributed by atoms with Crippen LogP contribution in [0.5, 0.6) is 5.75 Å². The molecule has 2 aromatic rings. The minimum atomic E-state index is -0.299. The van der Waals surface area contributed by atoms with Gasteiger partial charge in [0.15, 0.2) is 5.11 Å². The van der Waals surface area contributed by atoms with E-state index in [1.165, 1.54) is 12.1 Å². The fourth-order valence-corrected chi connectivity index (χ4v) is 2.56. The fraction of sp³-hybridized carbons (Fsp3) is 0.222. The van der Waals surface area contributed by atoms with Crippen LogP contribution < -0.4 is 10.6 Å². The summed E-state index contributed by atoms with van der Waals surface area (Å²) in [5, 5.41) is 15.7. The van der Waals surface area contributed by atoms with E-state index < -0.39 is 0 Å². The molecule has 126 valence electrons. The Hall–Kier alpha value is -2.11. The maximum Gasteiger partial charge on any atom is 0.257 e. The lowest BCUT2D eigenvalue weighted by molar-refractivity contribution is 0.0977. The Morgan fingerprint density at radius 2 is 2.04 bits per heavy atom. The van der Waals surface area contributed by atoms with Crippen molar-refractivity contribution in [2.24, 2.45) is 0 Å². The highest BCUT2D eigenvalue weighted by Crippen LogP contribution is 2.26. The van der Waals surface area contributed by atoms with Crippen LogP contribution in [-0.2, 0) is 6.42 Å². The molecule has 0 atom stereocenters. The standard InChI is InChI=1S/C18H19ClN2O2S/c1-2-3-5-12-6-4-7-13(10-12)17(23)21-18(24)20-15-11-14(19)8-9-16(15)22/h4,6-11,22H,2-3,5H2,1H3,(H2,20,21,23,24). The largest absolute Gasteiger partial charge is 0.506 e. The Bertz CT molecular complexity index is 750. The van der Waals surface area contributed by atoms with Gasteiger partial charge in [-0.2, -0.15) is 0 Å². The zero-order valence-electron chi connectivity index (χ0n) is 13.3. The third-order valence-corrected chi connectivity index (χ3v) is 3.88. The fourth-order valence-electron chi connectivity index (χ4n) is 2.19. The molecule has 0 fully saturated rings. The van der Waals surface area contributed by atoms with Crippen molar-refractivity contribution in [2.45, 2.75) is 26.2 Å². The first-order valence-corrected chi connectivity index (χ1v) is 8.48. The van der Waals surface area contributed by atoms with E-state index in [1.807, 2.05) is 18.2 Å². The molecule has 0 bridgehead atoms. The summed E-state index contributed by atoms with van der Waals surface area (Å²) in [4.78, 5) is 12.3. The lowest BCUT2D eigenvalue weighted by atomic mass is 10.1. The third kappa shape index (κ3) is 5.22. The molecule has 0 saturated carbocycles. The second kappa shape index (κ2) is 8.66. The molecule has 6 heteroatoms. The molecule has 0 aliphatic heterocycles. The normalized spacial score (nSPS) is 10.2. The van der Waals surface area contributed by atoms with Gasteiger partial charge in [-0.1, -0.05) is 37.1 Å². The van der Waals surface area contributed by atoms with Gasteiger partial charge in [0.05, 0.1) is 5.69 Å². The molecule has 0 spiro atoms. The molecule has 2 aromatic carbocycles. The number of phenolic OH excluding ortho intramolecular Hbond substituents is 1. The Balaban J connectivity index is 2.01. The molecule has 3 N–H and O–H groups in total. The average molecular weight is 363 g/mol. The minimum Gasteiger partial charge on any atom is -0.506 e. The smallest absolute Gasteiger partial charge is 0.257 e. The number of aromatic hydroxyl groups is 1. The van der Waals surface area contributed by atoms with E-state index in [2.05, 4.69) is 17.6 Å². The lowest BCUT2D eigenvalue weighted by Gasteiger charge is -2.11. The first-order chi connectivity index (χ1) is 11.5. The van der Waals surface area contributed by atoms with Crippen LogP contribution in [0.3, 0.4) is 0 Å². The minimum absolute atomic E-state index is 0.00226. The number of phenols is 1. The summed E-state index contributed by atoms with van der Waals surface area (Å²) < 4.78 is 0. The van der Waals surface area contributed by atoms with Crippen molar-refractivity contribution in [1.82, 2.24) is 5.32 Å². The number of carbonyl (C=O) groups is 1. The van der Waals surface area contributed by atoms with E-state index in [-0.39, 0.29) is 16.8 Å². The van der Waals surface area contributed by atoms with Gasteiger partial charge in [-0.3, -0.25) is 10.1 Å². The second-order valence-corrected chi connectivity index (χ2v) is 6.22. The zero-order valence-corrected chi connectivity index (χ0v) is 14.9. The van der Waals surface area contributed by atoms with Crippen LogP contribution in [-0.4, -0.2) is 16.1 Å². The van der Waals surface area contributed by atoms with Crippen LogP contribution >= 0.6 is 23.8 Å². The van der Waals surface area contributed by atoms with Crippen LogP contribution in [0.25, 0.3) is 0 Å². The summed E-state index contributed by atoms with van der Waals surface area (Å²) in [5.41, 5.74) is 2.00. The van der Waals surface area contributed by atoms with Gasteiger partial charge in [-0.05, 0) is 61.0 Å². The monoisotopic (exact) mass is 362 g/mol. The number of rotatable bonds is 5. The summed E-state index contributed by atoms with van der Waals surface area (Å²) in [6, 6.07) is 12.0. The quantitative estimate of drug-likeness (QED) is 0.540. The van der Waals surface area contributed by atoms with E-state index in [0.717, 1.165) is 24.8 Å². The van der Waals surface area contributed by atoms with Crippen molar-refractivity contribution in [3.63, 3.8) is 0 Å². The average Bonchev–Trinajstić information content (AvgIpc) is 2.56. The number of amides is 1. The molecule has 2 rings (SSSR count). The molecule has 24 heavy (non-hydrogen) atoms. The van der Waals surface area contributed by atoms with E-state index in [0.29, 0.717) is 16.3 Å². The molecule has 0 aliphatic carbocycles. The molecule has 0 aromatic heterocycles. The second-order valence-electron chi connectivity index (χ2n) is 5.37. The predicted octanol–water partition coefficient (Wildman–Crippen LogP) is 4.52. The van der Waals surface area contributed by atoms with Crippen molar-refractivity contribution in [3.05, 3.63) is 58.6 Å². The van der Waals surface area contributed by atoms with Crippen molar-refractivity contribution < 1.29 is 9.90 Å². The number of halogens is 1. The zero-order chi connectivity index (χ0) is 17.5. The molecular formula is C18H19ClN2O2S. The predicted molar refractivity (Wildman–Crippen MR) is 102 cm³/mol. The van der Waals surface area contributed by atoms with E-state index in [1.54, 1.807) is 12.1 Å². The van der Waals surface area contributed by atoms with Gasteiger partial charge in [0.2, 0.25) is 0 Å². The number of hydrogen-bond donors (Lipinski definition) is 3. The Morgan fingerprint density at radius 1 is 1.25 bits per heavy atom. The number of hydrogen-bond acceptors (Lipinski definition) is 3. The Labute approximate surface area is 151 Å². The van der Waals surface area contributed by atoms with Crippen LogP contribution in [0.1, 0.15) is 35.7 Å². The molecule has 0 saturated heterocycles. The van der Waals surface area contributed by atoms with Crippen LogP contribution in [0.15, 0.2) is 42.5 Å². The Morgan fingerprint density at radius 3 is 2.79 bits per heavy atom. The topological polar surface area (TPSA) is 61.4 Å². The number of anilines is 1. The van der Waals surface area contributed by atoms with Gasteiger partial charge >= 0.3 is 0 Å². The summed E-state index contributed by atoms with van der Waals surface area (Å²) in [6.45, 7) is 2.13. The molecule has 4 nitrogen and oxygen atoms in total. The van der Waals surface area contributed by atoms with Gasteiger partial charge in [-0.25, -0.2) is 0 Å². The van der Waals surface area contributed by atoms with Gasteiger partial charge in [0, 0.05) is 10.6 Å². The van der Waals surface area contributed by atoms with Gasteiger partial charge in [-0.15, -0.1) is 0 Å². The third-order valence-electron chi connectivity index (χ3n) is 3.44. The van der Waals surface area contributed by atoms with E-state index in [9.17, 15) is 9.90 Å². The van der Waals surface area contributed by atoms with Crippen LogP contribution in [0.2, 0.25) is 5.02 Å². The van der Waals surface area contributed by atoms with Crippen molar-refractivity contribution in [2.75, 3.05) is 5.32 Å². The highest BCUT2D eigenvalue weighted by atomic mass is 35.5. The number of aryl methyl sites for hydroxylation is 1. The number of unbranched alkanes of at least 4 members (excludes halogenated alkanes) is 1. The van der Waals surface area contributed by atoms with Crippen molar-refractivity contribution in [3.8, 4) is 5.75 Å². The molecule has 0 heterocycles. The SMILES string of the molecule is CCCCc1cccc(C(=O)NC(=S)Nc2cc(Cl)ccc2O)c1. The summed E-state index contributed by atoms with van der Waals surface area (Å²) in [6.07, 6.45) is 3.13. The number of benzene rings is 2. The first-order valence-electron chi connectivity index (χ1n) is 7.69. The van der Waals surface area contributed by atoms with Gasteiger partial charge < -0.3 is 10.4 Å². The van der Waals surface area contributed by atoms with Crippen LogP contribution in [0.4, 0.5) is 5.69 Å².